The molecule has 1 N–H and O–H groups in total. The number of hydrogen-bond acceptors (Lipinski definition) is 3. The molecule has 20 heavy (non-hydrogen) atoms. The topological polar surface area (TPSA) is 34.1 Å². The molecule has 0 aliphatic carbocycles. The maximum absolute atomic E-state index is 6.14. The van der Waals surface area contributed by atoms with Crippen LogP contribution in [0.1, 0.15) is 23.6 Å². The summed E-state index contributed by atoms with van der Waals surface area (Å²) in [6, 6.07) is 7.88. The number of rotatable bonds is 5. The fraction of sp³-hybridized carbons (Fsp3) is 0.312. The van der Waals surface area contributed by atoms with Gasteiger partial charge in [-0.25, -0.2) is 4.98 Å². The third-order valence-electron chi connectivity index (χ3n) is 3.00. The standard InChI is InChI=1S/C16H19ClN2O/c1-4-18-15-6-5-13(9-19-15)10-20-14-7-11(2)16(17)12(3)8-14/h5-9H,4,10H2,1-3H3,(H,18,19). The van der Waals surface area contributed by atoms with E-state index in [-0.39, 0.29) is 0 Å². The van der Waals surface area contributed by atoms with Gasteiger partial charge in [-0.1, -0.05) is 17.7 Å². The zero-order chi connectivity index (χ0) is 14.5. The van der Waals surface area contributed by atoms with Crippen LogP contribution in [0, 0.1) is 13.8 Å². The molecule has 0 amide bonds. The van der Waals surface area contributed by atoms with Crippen molar-refractivity contribution in [3.05, 3.63) is 52.2 Å². The average Bonchev–Trinajstić information content (AvgIpc) is 2.44. The molecule has 0 aliphatic heterocycles. The first-order valence-corrected chi connectivity index (χ1v) is 7.06. The summed E-state index contributed by atoms with van der Waals surface area (Å²) in [5.41, 5.74) is 3.10. The number of anilines is 1. The third-order valence-corrected chi connectivity index (χ3v) is 3.59. The lowest BCUT2D eigenvalue weighted by Crippen LogP contribution is -2.01. The van der Waals surface area contributed by atoms with E-state index in [1.54, 1.807) is 0 Å². The summed E-state index contributed by atoms with van der Waals surface area (Å²) in [7, 11) is 0. The zero-order valence-electron chi connectivity index (χ0n) is 12.0. The molecule has 1 heterocycles. The van der Waals surface area contributed by atoms with Gasteiger partial charge in [0.2, 0.25) is 0 Å². The molecule has 0 fully saturated rings. The van der Waals surface area contributed by atoms with Gasteiger partial charge in [0.1, 0.15) is 18.2 Å². The molecule has 1 aromatic carbocycles. The lowest BCUT2D eigenvalue weighted by Gasteiger charge is -2.10. The Kier molecular flexibility index (Phi) is 4.85. The predicted molar refractivity (Wildman–Crippen MR) is 83.7 cm³/mol. The van der Waals surface area contributed by atoms with Crippen LogP contribution in [-0.4, -0.2) is 11.5 Å². The Bertz CT molecular complexity index is 559. The monoisotopic (exact) mass is 290 g/mol. The van der Waals surface area contributed by atoms with E-state index in [0.29, 0.717) is 6.61 Å². The van der Waals surface area contributed by atoms with Crippen LogP contribution in [0.4, 0.5) is 5.82 Å². The van der Waals surface area contributed by atoms with E-state index in [9.17, 15) is 0 Å². The van der Waals surface area contributed by atoms with Crippen molar-refractivity contribution in [2.24, 2.45) is 0 Å². The minimum atomic E-state index is 0.500. The lowest BCUT2D eigenvalue weighted by molar-refractivity contribution is 0.305. The van der Waals surface area contributed by atoms with Crippen molar-refractivity contribution in [3.8, 4) is 5.75 Å². The number of nitrogens with zero attached hydrogens (tertiary/aromatic N) is 1. The second-order valence-corrected chi connectivity index (χ2v) is 5.12. The summed E-state index contributed by atoms with van der Waals surface area (Å²) >= 11 is 6.14. The van der Waals surface area contributed by atoms with Gasteiger partial charge in [0, 0.05) is 23.3 Å². The van der Waals surface area contributed by atoms with Crippen LogP contribution in [0.3, 0.4) is 0 Å². The first kappa shape index (κ1) is 14.7. The molecule has 0 aliphatic rings. The molecule has 4 heteroatoms. The Morgan fingerprint density at radius 2 is 1.90 bits per heavy atom. The summed E-state index contributed by atoms with van der Waals surface area (Å²) in [4.78, 5) is 4.32. The Balaban J connectivity index is 2.01. The first-order chi connectivity index (χ1) is 9.60. The van der Waals surface area contributed by atoms with Gasteiger partial charge >= 0.3 is 0 Å². The summed E-state index contributed by atoms with van der Waals surface area (Å²) in [5, 5.41) is 3.96. The molecule has 0 saturated heterocycles. The molecule has 106 valence electrons. The van der Waals surface area contributed by atoms with Gasteiger partial charge in [0.25, 0.3) is 0 Å². The van der Waals surface area contributed by atoms with Gasteiger partial charge < -0.3 is 10.1 Å². The Labute approximate surface area is 124 Å². The Hall–Kier alpha value is -1.74. The van der Waals surface area contributed by atoms with Crippen molar-refractivity contribution in [1.29, 1.82) is 0 Å². The normalized spacial score (nSPS) is 10.4. The van der Waals surface area contributed by atoms with Gasteiger partial charge in [-0.05, 0) is 50.1 Å². The predicted octanol–water partition coefficient (Wildman–Crippen LogP) is 4.36. The smallest absolute Gasteiger partial charge is 0.125 e. The minimum Gasteiger partial charge on any atom is -0.489 e. The summed E-state index contributed by atoms with van der Waals surface area (Å²) < 4.78 is 5.79. The maximum Gasteiger partial charge on any atom is 0.125 e. The number of nitrogens with one attached hydrogen (secondary N) is 1. The van der Waals surface area contributed by atoms with Crippen molar-refractivity contribution >= 4 is 17.4 Å². The SMILES string of the molecule is CCNc1ccc(COc2cc(C)c(Cl)c(C)c2)cn1. The van der Waals surface area contributed by atoms with Crippen LogP contribution in [-0.2, 0) is 6.61 Å². The van der Waals surface area contributed by atoms with E-state index in [1.807, 2.05) is 51.2 Å². The highest BCUT2D eigenvalue weighted by atomic mass is 35.5. The Morgan fingerprint density at radius 3 is 2.45 bits per heavy atom. The molecule has 0 unspecified atom stereocenters. The minimum absolute atomic E-state index is 0.500. The van der Waals surface area contributed by atoms with Crippen LogP contribution >= 0.6 is 11.6 Å². The number of aryl methyl sites for hydroxylation is 2. The second kappa shape index (κ2) is 6.62. The number of hydrogen-bond donors (Lipinski definition) is 1. The van der Waals surface area contributed by atoms with E-state index in [4.69, 9.17) is 16.3 Å². The molecular formula is C16H19ClN2O. The Morgan fingerprint density at radius 1 is 1.20 bits per heavy atom. The molecule has 0 bridgehead atoms. The molecule has 2 aromatic rings. The molecule has 0 saturated carbocycles. The van der Waals surface area contributed by atoms with Crippen LogP contribution in [0.15, 0.2) is 30.5 Å². The summed E-state index contributed by atoms with van der Waals surface area (Å²) in [6.07, 6.45) is 1.83. The number of halogens is 1. The van der Waals surface area contributed by atoms with Gasteiger partial charge in [-0.15, -0.1) is 0 Å². The number of pyridine rings is 1. The van der Waals surface area contributed by atoms with E-state index >= 15 is 0 Å². The van der Waals surface area contributed by atoms with E-state index in [1.165, 1.54) is 0 Å². The molecular weight excluding hydrogens is 272 g/mol. The number of benzene rings is 1. The van der Waals surface area contributed by atoms with Crippen molar-refractivity contribution in [2.75, 3.05) is 11.9 Å². The summed E-state index contributed by atoms with van der Waals surface area (Å²) in [5.74, 6) is 1.72. The first-order valence-electron chi connectivity index (χ1n) is 6.68. The molecule has 1 aromatic heterocycles. The van der Waals surface area contributed by atoms with Gasteiger partial charge in [-0.2, -0.15) is 0 Å². The van der Waals surface area contributed by atoms with E-state index in [2.05, 4.69) is 10.3 Å². The number of aromatic nitrogens is 1. The van der Waals surface area contributed by atoms with Crippen LogP contribution in [0.5, 0.6) is 5.75 Å². The fourth-order valence-electron chi connectivity index (χ4n) is 1.95. The fourth-order valence-corrected chi connectivity index (χ4v) is 2.06. The quantitative estimate of drug-likeness (QED) is 0.888. The number of ether oxygens (including phenoxy) is 1. The lowest BCUT2D eigenvalue weighted by atomic mass is 10.1. The van der Waals surface area contributed by atoms with Gasteiger partial charge in [0.05, 0.1) is 0 Å². The molecule has 0 atom stereocenters. The zero-order valence-corrected chi connectivity index (χ0v) is 12.8. The van der Waals surface area contributed by atoms with E-state index < -0.39 is 0 Å². The summed E-state index contributed by atoms with van der Waals surface area (Å²) in [6.45, 7) is 7.37. The highest BCUT2D eigenvalue weighted by Crippen LogP contribution is 2.26. The van der Waals surface area contributed by atoms with Crippen molar-refractivity contribution in [2.45, 2.75) is 27.4 Å². The average molecular weight is 291 g/mol. The van der Waals surface area contributed by atoms with Crippen molar-refractivity contribution in [3.63, 3.8) is 0 Å². The van der Waals surface area contributed by atoms with Crippen LogP contribution in [0.25, 0.3) is 0 Å². The van der Waals surface area contributed by atoms with Gasteiger partial charge in [-0.3, -0.25) is 0 Å². The largest absolute Gasteiger partial charge is 0.489 e. The third kappa shape index (κ3) is 3.64. The maximum atomic E-state index is 6.14. The van der Waals surface area contributed by atoms with Crippen LogP contribution < -0.4 is 10.1 Å². The molecule has 2 rings (SSSR count). The highest BCUT2D eigenvalue weighted by molar-refractivity contribution is 6.32. The molecule has 0 spiro atoms. The van der Waals surface area contributed by atoms with Crippen molar-refractivity contribution < 1.29 is 4.74 Å². The van der Waals surface area contributed by atoms with Crippen LogP contribution in [0.2, 0.25) is 5.02 Å². The molecule has 0 radical (unpaired) electrons. The van der Waals surface area contributed by atoms with E-state index in [0.717, 1.165) is 39.8 Å². The highest BCUT2D eigenvalue weighted by Gasteiger charge is 2.04. The van der Waals surface area contributed by atoms with Gasteiger partial charge in [0.15, 0.2) is 0 Å². The van der Waals surface area contributed by atoms with Crippen molar-refractivity contribution in [1.82, 2.24) is 4.98 Å². The second-order valence-electron chi connectivity index (χ2n) is 4.74. The molecule has 3 nitrogen and oxygen atoms in total.